The molecule has 4 amide bonds. The van der Waals surface area contributed by atoms with Crippen molar-refractivity contribution in [3.05, 3.63) is 61.6 Å². The number of esters is 2. The molecule has 15 heteroatoms. The Morgan fingerprint density at radius 3 is 1.45 bits per heavy atom. The molecule has 0 atom stereocenters. The van der Waals surface area contributed by atoms with Crippen LogP contribution < -0.4 is 22.1 Å². The normalized spacial score (nSPS) is 10.5. The Labute approximate surface area is 235 Å². The van der Waals surface area contributed by atoms with E-state index in [2.05, 4.69) is 15.6 Å². The number of aromatic nitrogens is 1. The first-order chi connectivity index (χ1) is 18.9. The standard InChI is InChI=1S/C25H25N5O8S2/c1-5-37-24(35)14-10(3)16(18(26)31)39-22(14)29-20(33)12-8-7-9-13(28-12)21(34)30-23-15(25(36)38-6-2)11(4)17(40-23)19(27)32/h7-9H,5-6H2,1-4H3,(H2,26,31)(H2,27,32)(H,29,33)(H,30,34). The number of nitrogens with one attached hydrogen (secondary N) is 2. The average Bonchev–Trinajstić information content (AvgIpc) is 3.40. The molecule has 3 aromatic heterocycles. The lowest BCUT2D eigenvalue weighted by molar-refractivity contribution is 0.0517. The Morgan fingerprint density at radius 1 is 0.750 bits per heavy atom. The van der Waals surface area contributed by atoms with E-state index in [9.17, 15) is 28.8 Å². The number of pyridine rings is 1. The second kappa shape index (κ2) is 12.5. The molecule has 0 aliphatic heterocycles. The van der Waals surface area contributed by atoms with Crippen molar-refractivity contribution < 1.29 is 38.2 Å². The smallest absolute Gasteiger partial charge is 0.341 e. The van der Waals surface area contributed by atoms with Crippen LogP contribution in [0, 0.1) is 13.8 Å². The summed E-state index contributed by atoms with van der Waals surface area (Å²) in [4.78, 5) is 78.9. The molecule has 3 rings (SSSR count). The van der Waals surface area contributed by atoms with Gasteiger partial charge in [0.15, 0.2) is 0 Å². The number of rotatable bonds is 10. The van der Waals surface area contributed by atoms with Crippen LogP contribution in [0.4, 0.5) is 10.0 Å². The number of primary amides is 2. The fraction of sp³-hybridized carbons (Fsp3) is 0.240. The quantitative estimate of drug-likeness (QED) is 0.257. The van der Waals surface area contributed by atoms with Gasteiger partial charge in [-0.3, -0.25) is 19.2 Å². The molecule has 3 aromatic rings. The molecule has 210 valence electrons. The average molecular weight is 588 g/mol. The van der Waals surface area contributed by atoms with E-state index in [4.69, 9.17) is 20.9 Å². The van der Waals surface area contributed by atoms with Crippen molar-refractivity contribution in [3.8, 4) is 0 Å². The first kappa shape index (κ1) is 29.9. The maximum Gasteiger partial charge on any atom is 0.341 e. The van der Waals surface area contributed by atoms with Crippen LogP contribution >= 0.6 is 22.7 Å². The van der Waals surface area contributed by atoms with Crippen LogP contribution in [0.5, 0.6) is 0 Å². The molecule has 0 radical (unpaired) electrons. The van der Waals surface area contributed by atoms with Crippen LogP contribution in [0.3, 0.4) is 0 Å². The van der Waals surface area contributed by atoms with Gasteiger partial charge in [-0.1, -0.05) is 6.07 Å². The van der Waals surface area contributed by atoms with E-state index in [0.29, 0.717) is 0 Å². The maximum atomic E-state index is 13.0. The summed E-state index contributed by atoms with van der Waals surface area (Å²) in [7, 11) is 0. The molecule has 6 N–H and O–H groups in total. The van der Waals surface area contributed by atoms with Crippen molar-refractivity contribution >= 4 is 68.2 Å². The van der Waals surface area contributed by atoms with Gasteiger partial charge in [0.2, 0.25) is 0 Å². The summed E-state index contributed by atoms with van der Waals surface area (Å²) in [6.07, 6.45) is 0. The van der Waals surface area contributed by atoms with Crippen LogP contribution in [0.25, 0.3) is 0 Å². The van der Waals surface area contributed by atoms with Crippen molar-refractivity contribution in [3.63, 3.8) is 0 Å². The molecule has 3 heterocycles. The predicted octanol–water partition coefficient (Wildman–Crippen LogP) is 2.88. The Hall–Kier alpha value is -4.63. The van der Waals surface area contributed by atoms with Gasteiger partial charge in [0, 0.05) is 0 Å². The van der Waals surface area contributed by atoms with Crippen molar-refractivity contribution in [1.82, 2.24) is 4.98 Å². The Bertz CT molecular complexity index is 1430. The van der Waals surface area contributed by atoms with Crippen molar-refractivity contribution in [1.29, 1.82) is 0 Å². The SMILES string of the molecule is CCOC(=O)c1c(NC(=O)c2cccc(C(=O)Nc3sc(C(N)=O)c(C)c3C(=O)OCC)n2)sc(C(N)=O)c1C. The molecular weight excluding hydrogens is 562 g/mol. The van der Waals surface area contributed by atoms with Crippen LogP contribution in [0.2, 0.25) is 0 Å². The third-order valence-corrected chi connectivity index (χ3v) is 7.81. The lowest BCUT2D eigenvalue weighted by Gasteiger charge is -2.09. The number of anilines is 2. The molecule has 0 aromatic carbocycles. The summed E-state index contributed by atoms with van der Waals surface area (Å²) in [5, 5.41) is 5.10. The Kier molecular flexibility index (Phi) is 9.34. The first-order valence-corrected chi connectivity index (χ1v) is 13.3. The van der Waals surface area contributed by atoms with Crippen molar-refractivity contribution in [2.24, 2.45) is 11.5 Å². The summed E-state index contributed by atoms with van der Waals surface area (Å²) < 4.78 is 10.1. The number of amides is 4. The highest BCUT2D eigenvalue weighted by Gasteiger charge is 2.28. The molecule has 0 spiro atoms. The highest BCUT2D eigenvalue weighted by Crippen LogP contribution is 2.35. The minimum absolute atomic E-state index is 0.0206. The second-order valence-corrected chi connectivity index (χ2v) is 10.0. The largest absolute Gasteiger partial charge is 0.462 e. The van der Waals surface area contributed by atoms with Crippen LogP contribution in [-0.2, 0) is 9.47 Å². The highest BCUT2D eigenvalue weighted by molar-refractivity contribution is 7.19. The molecule has 0 bridgehead atoms. The maximum absolute atomic E-state index is 13.0. The van der Waals surface area contributed by atoms with Gasteiger partial charge >= 0.3 is 11.9 Å². The minimum Gasteiger partial charge on any atom is -0.462 e. The van der Waals surface area contributed by atoms with Crippen LogP contribution in [-0.4, -0.2) is 53.8 Å². The number of ether oxygens (including phenoxy) is 2. The van der Waals surface area contributed by atoms with Gasteiger partial charge in [0.1, 0.15) is 21.4 Å². The third kappa shape index (κ3) is 6.16. The molecule has 0 aliphatic rings. The number of carbonyl (C=O) groups is 6. The number of carbonyl (C=O) groups excluding carboxylic acids is 6. The lowest BCUT2D eigenvalue weighted by Crippen LogP contribution is -2.20. The van der Waals surface area contributed by atoms with E-state index in [1.165, 1.54) is 32.0 Å². The zero-order chi connectivity index (χ0) is 29.7. The van der Waals surface area contributed by atoms with Gasteiger partial charge in [-0.15, -0.1) is 22.7 Å². The fourth-order valence-electron chi connectivity index (χ4n) is 3.59. The van der Waals surface area contributed by atoms with E-state index >= 15 is 0 Å². The molecule has 0 aliphatic carbocycles. The molecule has 0 saturated heterocycles. The van der Waals surface area contributed by atoms with Gasteiger partial charge in [0.05, 0.1) is 34.1 Å². The van der Waals surface area contributed by atoms with E-state index < -0.39 is 35.6 Å². The molecule has 40 heavy (non-hydrogen) atoms. The highest BCUT2D eigenvalue weighted by atomic mass is 32.1. The van der Waals surface area contributed by atoms with Gasteiger partial charge in [0.25, 0.3) is 23.6 Å². The Morgan fingerprint density at radius 2 is 1.12 bits per heavy atom. The molecule has 0 fully saturated rings. The van der Waals surface area contributed by atoms with Crippen molar-refractivity contribution in [2.45, 2.75) is 27.7 Å². The number of nitrogens with zero attached hydrogens (tertiary/aromatic N) is 1. The molecule has 0 unspecified atom stereocenters. The summed E-state index contributed by atoms with van der Waals surface area (Å²) in [6, 6.07) is 4.06. The van der Waals surface area contributed by atoms with Crippen LogP contribution in [0.1, 0.15) is 86.0 Å². The summed E-state index contributed by atoms with van der Waals surface area (Å²) in [5.74, 6) is -4.63. The number of nitrogens with two attached hydrogens (primary N) is 2. The molecule has 13 nitrogen and oxygen atoms in total. The van der Waals surface area contributed by atoms with E-state index in [-0.39, 0.29) is 66.6 Å². The molecular formula is C25H25N5O8S2. The van der Waals surface area contributed by atoms with Crippen molar-refractivity contribution in [2.75, 3.05) is 23.8 Å². The topological polar surface area (TPSA) is 210 Å². The summed E-state index contributed by atoms with van der Waals surface area (Å²) >= 11 is 1.61. The number of thiophene rings is 2. The zero-order valence-electron chi connectivity index (χ0n) is 21.8. The first-order valence-electron chi connectivity index (χ1n) is 11.7. The third-order valence-electron chi connectivity index (χ3n) is 5.37. The lowest BCUT2D eigenvalue weighted by atomic mass is 10.1. The van der Waals surface area contributed by atoms with Gasteiger partial charge in [-0.25, -0.2) is 14.6 Å². The van der Waals surface area contributed by atoms with Gasteiger partial charge in [-0.05, 0) is 51.0 Å². The Balaban J connectivity index is 1.91. The fourth-order valence-corrected chi connectivity index (χ4v) is 5.68. The predicted molar refractivity (Wildman–Crippen MR) is 147 cm³/mol. The van der Waals surface area contributed by atoms with Gasteiger partial charge < -0.3 is 31.6 Å². The number of hydrogen-bond acceptors (Lipinski definition) is 11. The van der Waals surface area contributed by atoms with E-state index in [0.717, 1.165) is 22.7 Å². The van der Waals surface area contributed by atoms with Gasteiger partial charge in [-0.2, -0.15) is 0 Å². The minimum atomic E-state index is -0.785. The van der Waals surface area contributed by atoms with E-state index in [1.807, 2.05) is 0 Å². The van der Waals surface area contributed by atoms with E-state index in [1.54, 1.807) is 13.8 Å². The monoisotopic (exact) mass is 587 g/mol. The van der Waals surface area contributed by atoms with Crippen LogP contribution in [0.15, 0.2) is 18.2 Å². The second-order valence-electron chi connectivity index (χ2n) is 8.01. The summed E-state index contributed by atoms with van der Waals surface area (Å²) in [5.41, 5.74) is 10.9. The zero-order valence-corrected chi connectivity index (χ0v) is 23.5. The number of hydrogen-bond donors (Lipinski definition) is 4. The summed E-state index contributed by atoms with van der Waals surface area (Å²) in [6.45, 7) is 6.35. The molecule has 0 saturated carbocycles.